The molecule has 3 rings (SSSR count). The largest absolute Gasteiger partial charge is 0.464 e. The number of esters is 1. The van der Waals surface area contributed by atoms with Gasteiger partial charge in [-0.15, -0.1) is 0 Å². The van der Waals surface area contributed by atoms with E-state index in [9.17, 15) is 14.7 Å². The van der Waals surface area contributed by atoms with Crippen LogP contribution in [0.1, 0.15) is 22.5 Å². The number of benzene rings is 1. The zero-order valence-corrected chi connectivity index (χ0v) is 19.3. The number of aryl methyl sites for hydroxylation is 2. The summed E-state index contributed by atoms with van der Waals surface area (Å²) in [5.41, 5.74) is 2.71. The van der Waals surface area contributed by atoms with Crippen LogP contribution in [0.2, 0.25) is 0 Å². The fourth-order valence-corrected chi connectivity index (χ4v) is 3.67. The third-order valence-electron chi connectivity index (χ3n) is 5.26. The fourth-order valence-electron chi connectivity index (χ4n) is 3.67. The van der Waals surface area contributed by atoms with Gasteiger partial charge >= 0.3 is 5.97 Å². The minimum absolute atomic E-state index is 0.108. The van der Waals surface area contributed by atoms with Gasteiger partial charge in [-0.1, -0.05) is 30.3 Å². The van der Waals surface area contributed by atoms with Gasteiger partial charge in [0, 0.05) is 25.6 Å². The summed E-state index contributed by atoms with van der Waals surface area (Å²) >= 11 is 0. The normalized spacial score (nSPS) is 11.9. The van der Waals surface area contributed by atoms with E-state index in [1.165, 1.54) is 19.8 Å². The van der Waals surface area contributed by atoms with Crippen LogP contribution in [0.25, 0.3) is 11.0 Å². The Hall–Kier alpha value is -3.47. The molecule has 10 heteroatoms. The molecule has 3 aromatic rings. The molecule has 10 nitrogen and oxygen atoms in total. The molecule has 0 saturated carbocycles. The molecule has 0 aliphatic rings. The number of amides is 1. The maximum absolute atomic E-state index is 12.8. The van der Waals surface area contributed by atoms with Gasteiger partial charge in [0.25, 0.3) is 0 Å². The van der Waals surface area contributed by atoms with Crippen LogP contribution in [0, 0.1) is 0 Å². The third kappa shape index (κ3) is 6.10. The Bertz CT molecular complexity index is 1120. The number of anilines is 2. The number of pyridine rings is 1. The Morgan fingerprint density at radius 1 is 1.21 bits per heavy atom. The Balaban J connectivity index is 2.02. The standard InChI is InChI=1S/C24H30N4O6/c1-33-15-20(31)27-21-19-11-17(25-13-18(30)14-29)12-26-23(19)28(22(21)24(32)34-2)10-6-9-16-7-4-3-5-8-16/h3-5,7-8,11-12,18,25,29-30H,6,9-10,13-15H2,1-2H3,(H,27,31). The first kappa shape index (κ1) is 25.2. The van der Waals surface area contributed by atoms with Crippen molar-refractivity contribution >= 4 is 34.3 Å². The van der Waals surface area contributed by atoms with Crippen molar-refractivity contribution in [2.45, 2.75) is 25.5 Å². The maximum atomic E-state index is 12.8. The Kier molecular flexibility index (Phi) is 8.97. The van der Waals surface area contributed by atoms with Gasteiger partial charge in [0.2, 0.25) is 5.91 Å². The minimum atomic E-state index is -0.940. The van der Waals surface area contributed by atoms with Gasteiger partial charge in [0.05, 0.1) is 37.4 Å². The lowest BCUT2D eigenvalue weighted by atomic mass is 10.1. The summed E-state index contributed by atoms with van der Waals surface area (Å²) in [5, 5.41) is 25.0. The molecule has 1 aromatic carbocycles. The number of methoxy groups -OCH3 is 2. The Morgan fingerprint density at radius 2 is 1.97 bits per heavy atom. The number of nitrogens with one attached hydrogen (secondary N) is 2. The zero-order valence-electron chi connectivity index (χ0n) is 19.3. The van der Waals surface area contributed by atoms with Crippen molar-refractivity contribution in [1.82, 2.24) is 9.55 Å². The summed E-state index contributed by atoms with van der Waals surface area (Å²) in [6, 6.07) is 11.7. The highest BCUT2D eigenvalue weighted by atomic mass is 16.5. The lowest BCUT2D eigenvalue weighted by Crippen LogP contribution is -2.23. The first-order valence-corrected chi connectivity index (χ1v) is 10.9. The van der Waals surface area contributed by atoms with Crippen LogP contribution in [0.15, 0.2) is 42.6 Å². The van der Waals surface area contributed by atoms with Crippen molar-refractivity contribution in [2.75, 3.05) is 44.6 Å². The van der Waals surface area contributed by atoms with Crippen molar-refractivity contribution in [2.24, 2.45) is 0 Å². The topological polar surface area (TPSA) is 135 Å². The second-order valence-corrected chi connectivity index (χ2v) is 7.75. The molecule has 0 saturated heterocycles. The van der Waals surface area contributed by atoms with Gasteiger partial charge < -0.3 is 34.9 Å². The number of hydrogen-bond donors (Lipinski definition) is 4. The molecule has 0 bridgehead atoms. The number of carbonyl (C=O) groups is 2. The molecule has 0 radical (unpaired) electrons. The quantitative estimate of drug-likeness (QED) is 0.294. The number of nitrogens with zero attached hydrogens (tertiary/aromatic N) is 2. The van der Waals surface area contributed by atoms with E-state index in [1.807, 2.05) is 30.3 Å². The van der Waals surface area contributed by atoms with Crippen molar-refractivity contribution in [3.05, 3.63) is 53.9 Å². The molecule has 1 atom stereocenters. The van der Waals surface area contributed by atoms with Crippen LogP contribution in [0.4, 0.5) is 11.4 Å². The van der Waals surface area contributed by atoms with E-state index in [-0.39, 0.29) is 31.1 Å². The lowest BCUT2D eigenvalue weighted by Gasteiger charge is -2.11. The van der Waals surface area contributed by atoms with Crippen molar-refractivity contribution in [1.29, 1.82) is 0 Å². The van der Waals surface area contributed by atoms with Gasteiger partial charge in [-0.3, -0.25) is 4.79 Å². The summed E-state index contributed by atoms with van der Waals surface area (Å²) < 4.78 is 11.7. The van der Waals surface area contributed by atoms with Gasteiger partial charge in [-0.25, -0.2) is 9.78 Å². The number of fused-ring (bicyclic) bond motifs is 1. The third-order valence-corrected chi connectivity index (χ3v) is 5.26. The molecular formula is C24H30N4O6. The minimum Gasteiger partial charge on any atom is -0.464 e. The van der Waals surface area contributed by atoms with E-state index < -0.39 is 18.0 Å². The number of aliphatic hydroxyl groups excluding tert-OH is 2. The Morgan fingerprint density at radius 3 is 2.65 bits per heavy atom. The summed E-state index contributed by atoms with van der Waals surface area (Å²) in [6.45, 7) is 0.0102. The molecule has 2 heterocycles. The van der Waals surface area contributed by atoms with E-state index in [1.54, 1.807) is 16.8 Å². The molecule has 0 aliphatic carbocycles. The van der Waals surface area contributed by atoms with E-state index in [0.717, 1.165) is 12.8 Å². The van der Waals surface area contributed by atoms with Crippen LogP contribution >= 0.6 is 0 Å². The molecule has 0 aliphatic heterocycles. The summed E-state index contributed by atoms with van der Waals surface area (Å²) in [4.78, 5) is 29.7. The number of aromatic nitrogens is 2. The van der Waals surface area contributed by atoms with Crippen molar-refractivity contribution in [3.63, 3.8) is 0 Å². The van der Waals surface area contributed by atoms with Gasteiger partial charge in [-0.05, 0) is 24.5 Å². The lowest BCUT2D eigenvalue weighted by molar-refractivity contribution is -0.119. The number of hydrogen-bond acceptors (Lipinski definition) is 8. The smallest absolute Gasteiger partial charge is 0.356 e. The number of aliphatic hydroxyl groups is 2. The first-order chi connectivity index (χ1) is 16.5. The fraction of sp³-hybridized carbons (Fsp3) is 0.375. The molecule has 1 unspecified atom stereocenters. The number of carbonyl (C=O) groups excluding carboxylic acids is 2. The van der Waals surface area contributed by atoms with Gasteiger partial charge in [-0.2, -0.15) is 0 Å². The molecule has 0 spiro atoms. The zero-order chi connectivity index (χ0) is 24.5. The highest BCUT2D eigenvalue weighted by molar-refractivity contribution is 6.11. The van der Waals surface area contributed by atoms with E-state index in [0.29, 0.717) is 23.3 Å². The van der Waals surface area contributed by atoms with Gasteiger partial charge in [0.15, 0.2) is 5.69 Å². The summed E-state index contributed by atoms with van der Waals surface area (Å²) in [6.07, 6.45) is 2.16. The highest BCUT2D eigenvalue weighted by Gasteiger charge is 2.26. The molecular weight excluding hydrogens is 440 g/mol. The molecule has 182 valence electrons. The molecule has 0 fully saturated rings. The van der Waals surface area contributed by atoms with Gasteiger partial charge in [0.1, 0.15) is 12.3 Å². The Labute approximate surface area is 197 Å². The summed E-state index contributed by atoms with van der Waals surface area (Å²) in [7, 11) is 2.69. The first-order valence-electron chi connectivity index (χ1n) is 10.9. The van der Waals surface area contributed by atoms with Crippen LogP contribution in [-0.2, 0) is 27.2 Å². The van der Waals surface area contributed by atoms with E-state index >= 15 is 0 Å². The second-order valence-electron chi connectivity index (χ2n) is 7.75. The number of rotatable bonds is 12. The highest BCUT2D eigenvalue weighted by Crippen LogP contribution is 2.33. The molecule has 4 N–H and O–H groups in total. The average molecular weight is 471 g/mol. The van der Waals surface area contributed by atoms with Crippen LogP contribution in [0.5, 0.6) is 0 Å². The van der Waals surface area contributed by atoms with Crippen LogP contribution in [0.3, 0.4) is 0 Å². The van der Waals surface area contributed by atoms with Crippen LogP contribution in [-0.4, -0.2) is 71.7 Å². The SMILES string of the molecule is COCC(=O)Nc1c(C(=O)OC)n(CCCc2ccccc2)c2ncc(NCC(O)CO)cc12. The molecule has 34 heavy (non-hydrogen) atoms. The molecule has 2 aromatic heterocycles. The predicted octanol–water partition coefficient (Wildman–Crippen LogP) is 1.81. The van der Waals surface area contributed by atoms with Crippen molar-refractivity contribution < 1.29 is 29.3 Å². The van der Waals surface area contributed by atoms with E-state index in [4.69, 9.17) is 14.6 Å². The monoisotopic (exact) mass is 470 g/mol. The number of ether oxygens (including phenoxy) is 2. The van der Waals surface area contributed by atoms with Crippen molar-refractivity contribution in [3.8, 4) is 0 Å². The maximum Gasteiger partial charge on any atom is 0.356 e. The summed E-state index contributed by atoms with van der Waals surface area (Å²) in [5.74, 6) is -1.03. The molecule has 1 amide bonds. The van der Waals surface area contributed by atoms with Crippen LogP contribution < -0.4 is 10.6 Å². The average Bonchev–Trinajstić information content (AvgIpc) is 3.15. The van der Waals surface area contributed by atoms with E-state index in [2.05, 4.69) is 15.6 Å². The predicted molar refractivity (Wildman–Crippen MR) is 128 cm³/mol. The second kappa shape index (κ2) is 12.1.